The van der Waals surface area contributed by atoms with Crippen LogP contribution < -0.4 is 10.6 Å². The van der Waals surface area contributed by atoms with E-state index in [1.807, 2.05) is 30.3 Å². The molecule has 2 aromatic carbocycles. The van der Waals surface area contributed by atoms with Crippen molar-refractivity contribution in [1.29, 1.82) is 0 Å². The molecule has 0 aliphatic rings. The second kappa shape index (κ2) is 10.7. The van der Waals surface area contributed by atoms with Gasteiger partial charge in [-0.25, -0.2) is 0 Å². The topological polar surface area (TPSA) is 78.5 Å². The molecule has 0 spiro atoms. The lowest BCUT2D eigenvalue weighted by Gasteiger charge is -2.17. The quantitative estimate of drug-likeness (QED) is 0.686. The Morgan fingerprint density at radius 2 is 1.68 bits per heavy atom. The van der Waals surface area contributed by atoms with Crippen LogP contribution in [0.25, 0.3) is 0 Å². The van der Waals surface area contributed by atoms with Gasteiger partial charge in [-0.05, 0) is 23.8 Å². The zero-order valence-electron chi connectivity index (χ0n) is 15.4. The number of rotatable bonds is 8. The van der Waals surface area contributed by atoms with Gasteiger partial charge in [0.1, 0.15) is 0 Å². The number of likely N-dealkylation sites (N-methyl/N-ethyl adjacent to an activating group) is 1. The van der Waals surface area contributed by atoms with Gasteiger partial charge in [0.25, 0.3) is 0 Å². The number of amides is 3. The minimum atomic E-state index is -0.359. The molecule has 3 amide bonds. The third kappa shape index (κ3) is 7.21. The van der Waals surface area contributed by atoms with Crippen molar-refractivity contribution < 1.29 is 14.4 Å². The molecular weight excluding hydrogens is 401 g/mol. The van der Waals surface area contributed by atoms with Gasteiger partial charge in [0.2, 0.25) is 17.7 Å². The van der Waals surface area contributed by atoms with Gasteiger partial charge in [-0.2, -0.15) is 0 Å². The van der Waals surface area contributed by atoms with E-state index < -0.39 is 0 Å². The lowest BCUT2D eigenvalue weighted by atomic mass is 10.1. The maximum absolute atomic E-state index is 12.1. The lowest BCUT2D eigenvalue weighted by molar-refractivity contribution is -0.133. The van der Waals surface area contributed by atoms with Gasteiger partial charge in [0.05, 0.1) is 23.0 Å². The van der Waals surface area contributed by atoms with Crippen LogP contribution >= 0.6 is 23.2 Å². The van der Waals surface area contributed by atoms with Crippen molar-refractivity contribution in [3.8, 4) is 0 Å². The van der Waals surface area contributed by atoms with Crippen LogP contribution in [0.4, 0.5) is 5.69 Å². The van der Waals surface area contributed by atoms with Crippen LogP contribution in [0.1, 0.15) is 12.0 Å². The second-order valence-corrected chi connectivity index (χ2v) is 7.00. The maximum atomic E-state index is 12.1. The van der Waals surface area contributed by atoms with Crippen LogP contribution in [0, 0.1) is 0 Å². The molecule has 8 heteroatoms. The largest absolute Gasteiger partial charge is 0.355 e. The number of anilines is 1. The smallest absolute Gasteiger partial charge is 0.243 e. The Labute approximate surface area is 173 Å². The Kier molecular flexibility index (Phi) is 8.29. The van der Waals surface area contributed by atoms with Crippen molar-refractivity contribution in [2.24, 2.45) is 0 Å². The van der Waals surface area contributed by atoms with Gasteiger partial charge in [0, 0.05) is 25.7 Å². The summed E-state index contributed by atoms with van der Waals surface area (Å²) in [6.45, 7) is 0.0975. The first-order valence-corrected chi connectivity index (χ1v) is 9.40. The highest BCUT2D eigenvalue weighted by molar-refractivity contribution is 6.42. The molecule has 0 bridgehead atoms. The van der Waals surface area contributed by atoms with Crippen molar-refractivity contribution in [3.63, 3.8) is 0 Å². The molecule has 2 N–H and O–H groups in total. The Morgan fingerprint density at radius 3 is 2.36 bits per heavy atom. The van der Waals surface area contributed by atoms with E-state index in [4.69, 9.17) is 23.2 Å². The highest BCUT2D eigenvalue weighted by Gasteiger charge is 2.14. The highest BCUT2D eigenvalue weighted by Crippen LogP contribution is 2.24. The fourth-order valence-corrected chi connectivity index (χ4v) is 2.72. The molecule has 148 valence electrons. The fraction of sp³-hybridized carbons (Fsp3) is 0.250. The SMILES string of the molecule is CN(CC(=O)Nc1ccc(Cl)c(Cl)c1)C(=O)CCNC(=O)Cc1ccccc1. The number of nitrogens with one attached hydrogen (secondary N) is 2. The molecular formula is C20H21Cl2N3O3. The first-order chi connectivity index (χ1) is 13.3. The average Bonchev–Trinajstić information content (AvgIpc) is 2.65. The highest BCUT2D eigenvalue weighted by atomic mass is 35.5. The van der Waals surface area contributed by atoms with E-state index in [0.29, 0.717) is 15.7 Å². The Bertz CT molecular complexity index is 844. The van der Waals surface area contributed by atoms with Crippen molar-refractivity contribution >= 4 is 46.6 Å². The number of carbonyl (C=O) groups excluding carboxylic acids is 3. The maximum Gasteiger partial charge on any atom is 0.243 e. The van der Waals surface area contributed by atoms with Crippen molar-refractivity contribution in [3.05, 3.63) is 64.1 Å². The summed E-state index contributed by atoms with van der Waals surface area (Å²) < 4.78 is 0. The first kappa shape index (κ1) is 21.7. The summed E-state index contributed by atoms with van der Waals surface area (Å²) >= 11 is 11.7. The Balaban J connectivity index is 1.70. The minimum Gasteiger partial charge on any atom is -0.355 e. The van der Waals surface area contributed by atoms with E-state index in [1.165, 1.54) is 18.0 Å². The van der Waals surface area contributed by atoms with Crippen LogP contribution in [-0.4, -0.2) is 42.8 Å². The number of hydrogen-bond donors (Lipinski definition) is 2. The Hall–Kier alpha value is -2.57. The predicted molar refractivity (Wildman–Crippen MR) is 111 cm³/mol. The van der Waals surface area contributed by atoms with E-state index in [2.05, 4.69) is 10.6 Å². The standard InChI is InChI=1S/C20H21Cl2N3O3/c1-25(13-19(27)24-15-7-8-16(21)17(22)12-15)20(28)9-10-23-18(26)11-14-5-3-2-4-6-14/h2-8,12H,9-11,13H2,1H3,(H,23,26)(H,24,27). The van der Waals surface area contributed by atoms with Crippen LogP contribution in [-0.2, 0) is 20.8 Å². The summed E-state index contributed by atoms with van der Waals surface area (Å²) in [7, 11) is 1.53. The van der Waals surface area contributed by atoms with Crippen LogP contribution in [0.3, 0.4) is 0 Å². The molecule has 0 saturated carbocycles. The molecule has 0 atom stereocenters. The van der Waals surface area contributed by atoms with Gasteiger partial charge in [0.15, 0.2) is 0 Å². The number of hydrogen-bond acceptors (Lipinski definition) is 3. The van der Waals surface area contributed by atoms with Gasteiger partial charge >= 0.3 is 0 Å². The van der Waals surface area contributed by atoms with E-state index in [-0.39, 0.29) is 43.7 Å². The van der Waals surface area contributed by atoms with Gasteiger partial charge in [-0.3, -0.25) is 14.4 Å². The number of carbonyl (C=O) groups is 3. The zero-order valence-corrected chi connectivity index (χ0v) is 16.9. The van der Waals surface area contributed by atoms with E-state index >= 15 is 0 Å². The van der Waals surface area contributed by atoms with Gasteiger partial charge in [-0.1, -0.05) is 53.5 Å². The molecule has 0 radical (unpaired) electrons. The summed E-state index contributed by atoms with van der Waals surface area (Å²) in [4.78, 5) is 37.4. The first-order valence-electron chi connectivity index (χ1n) is 8.64. The van der Waals surface area contributed by atoms with Crippen molar-refractivity contribution in [2.75, 3.05) is 25.5 Å². The summed E-state index contributed by atoms with van der Waals surface area (Å²) in [6, 6.07) is 14.1. The fourth-order valence-electron chi connectivity index (χ4n) is 2.42. The normalized spacial score (nSPS) is 10.2. The molecule has 0 aliphatic heterocycles. The average molecular weight is 422 g/mol. The lowest BCUT2D eigenvalue weighted by Crippen LogP contribution is -2.37. The molecule has 28 heavy (non-hydrogen) atoms. The molecule has 2 aromatic rings. The monoisotopic (exact) mass is 421 g/mol. The molecule has 0 fully saturated rings. The summed E-state index contributed by atoms with van der Waals surface area (Å²) in [5.74, 6) is -0.759. The van der Waals surface area contributed by atoms with Crippen LogP contribution in [0.5, 0.6) is 0 Å². The third-order valence-electron chi connectivity index (χ3n) is 3.88. The molecule has 0 saturated heterocycles. The third-order valence-corrected chi connectivity index (χ3v) is 4.62. The molecule has 6 nitrogen and oxygen atoms in total. The van der Waals surface area contributed by atoms with E-state index in [9.17, 15) is 14.4 Å². The van der Waals surface area contributed by atoms with E-state index in [1.54, 1.807) is 12.1 Å². The molecule has 0 unspecified atom stereocenters. The number of halogens is 2. The minimum absolute atomic E-state index is 0.108. The van der Waals surface area contributed by atoms with Crippen molar-refractivity contribution in [1.82, 2.24) is 10.2 Å². The molecule has 0 heterocycles. The molecule has 0 aromatic heterocycles. The van der Waals surface area contributed by atoms with Crippen LogP contribution in [0.15, 0.2) is 48.5 Å². The molecule has 0 aliphatic carbocycles. The molecule has 2 rings (SSSR count). The Morgan fingerprint density at radius 1 is 0.964 bits per heavy atom. The predicted octanol–water partition coefficient (Wildman–Crippen LogP) is 3.14. The number of benzene rings is 2. The van der Waals surface area contributed by atoms with Gasteiger partial charge < -0.3 is 15.5 Å². The van der Waals surface area contributed by atoms with E-state index in [0.717, 1.165) is 5.56 Å². The van der Waals surface area contributed by atoms with Crippen molar-refractivity contribution in [2.45, 2.75) is 12.8 Å². The summed E-state index contributed by atoms with van der Waals surface area (Å²) in [5, 5.41) is 6.08. The number of nitrogens with zero attached hydrogens (tertiary/aromatic N) is 1. The summed E-state index contributed by atoms with van der Waals surface area (Å²) in [5.41, 5.74) is 1.40. The van der Waals surface area contributed by atoms with Gasteiger partial charge in [-0.15, -0.1) is 0 Å². The van der Waals surface area contributed by atoms with Crippen LogP contribution in [0.2, 0.25) is 10.0 Å². The second-order valence-electron chi connectivity index (χ2n) is 6.19. The zero-order chi connectivity index (χ0) is 20.5. The summed E-state index contributed by atoms with van der Waals surface area (Å²) in [6.07, 6.45) is 0.369.